The van der Waals surface area contributed by atoms with Gasteiger partial charge in [-0.3, -0.25) is 14.7 Å². The molecule has 1 amide bonds. The molecule has 2 aliphatic rings. The Hall–Kier alpha value is -2.59. The van der Waals surface area contributed by atoms with Crippen molar-refractivity contribution in [3.05, 3.63) is 68.9 Å². The Kier molecular flexibility index (Phi) is 7.52. The molecule has 10 heteroatoms. The molecule has 0 saturated carbocycles. The van der Waals surface area contributed by atoms with Crippen LogP contribution in [-0.4, -0.2) is 62.9 Å². The van der Waals surface area contributed by atoms with Crippen LogP contribution in [0.4, 0.5) is 5.69 Å². The summed E-state index contributed by atoms with van der Waals surface area (Å²) in [6.45, 7) is 7.56. The van der Waals surface area contributed by atoms with Gasteiger partial charge in [-0.1, -0.05) is 17.7 Å². The molecular formula is C26H28BrClN6O2. The van der Waals surface area contributed by atoms with E-state index in [4.69, 9.17) is 21.3 Å². The number of pyridine rings is 2. The van der Waals surface area contributed by atoms with Crippen LogP contribution in [0.5, 0.6) is 0 Å². The Balaban J connectivity index is 1.28. The second-order valence-electron chi connectivity index (χ2n) is 9.17. The van der Waals surface area contributed by atoms with E-state index < -0.39 is 0 Å². The van der Waals surface area contributed by atoms with Gasteiger partial charge in [-0.05, 0) is 72.3 Å². The van der Waals surface area contributed by atoms with Crippen LogP contribution < -0.4 is 5.32 Å². The van der Waals surface area contributed by atoms with Gasteiger partial charge >= 0.3 is 0 Å². The third-order valence-corrected chi connectivity index (χ3v) is 7.58. The van der Waals surface area contributed by atoms with Crippen molar-refractivity contribution in [3.8, 4) is 5.69 Å². The molecule has 188 valence electrons. The van der Waals surface area contributed by atoms with Gasteiger partial charge in [0.2, 0.25) is 0 Å². The Morgan fingerprint density at radius 3 is 2.69 bits per heavy atom. The number of ether oxygens (including phenoxy) is 1. The van der Waals surface area contributed by atoms with E-state index in [0.717, 1.165) is 61.3 Å². The summed E-state index contributed by atoms with van der Waals surface area (Å²) in [6, 6.07) is 4.37. The van der Waals surface area contributed by atoms with E-state index in [1.807, 2.05) is 26.0 Å². The van der Waals surface area contributed by atoms with E-state index >= 15 is 0 Å². The number of hydrogen-bond acceptors (Lipinski definition) is 6. The van der Waals surface area contributed by atoms with Crippen molar-refractivity contribution in [2.75, 3.05) is 31.6 Å². The molecule has 1 N–H and O–H groups in total. The van der Waals surface area contributed by atoms with Gasteiger partial charge in [-0.2, -0.15) is 5.10 Å². The molecule has 5 rings (SSSR count). The molecule has 0 bridgehead atoms. The Bertz CT molecular complexity index is 1320. The van der Waals surface area contributed by atoms with Gasteiger partial charge in [0.25, 0.3) is 5.91 Å². The molecule has 1 fully saturated rings. The lowest BCUT2D eigenvalue weighted by molar-refractivity contribution is 0.0150. The second-order valence-corrected chi connectivity index (χ2v) is 10.4. The number of carbonyl (C=O) groups is 1. The number of allylic oxidation sites excluding steroid dienone is 1. The lowest BCUT2D eigenvalue weighted by Crippen LogP contribution is -2.43. The quantitative estimate of drug-likeness (QED) is 0.423. The maximum absolute atomic E-state index is 13.0. The molecule has 0 aromatic carbocycles. The fraction of sp³-hybridized carbons (Fsp3) is 0.385. The highest BCUT2D eigenvalue weighted by Gasteiger charge is 2.24. The highest BCUT2D eigenvalue weighted by atomic mass is 79.9. The number of carbonyl (C=O) groups excluding carboxylic acids is 1. The van der Waals surface area contributed by atoms with Crippen LogP contribution in [0.15, 0.2) is 41.3 Å². The number of anilines is 1. The van der Waals surface area contributed by atoms with Crippen molar-refractivity contribution < 1.29 is 9.53 Å². The molecule has 1 aliphatic heterocycles. The first-order valence-corrected chi connectivity index (χ1v) is 13.2. The van der Waals surface area contributed by atoms with Gasteiger partial charge in [0.1, 0.15) is 5.69 Å². The smallest absolute Gasteiger partial charge is 0.259 e. The molecule has 0 radical (unpaired) electrons. The van der Waals surface area contributed by atoms with E-state index in [9.17, 15) is 4.79 Å². The lowest BCUT2D eigenvalue weighted by Gasteiger charge is -2.36. The number of hydrogen-bond donors (Lipinski definition) is 1. The summed E-state index contributed by atoms with van der Waals surface area (Å²) in [7, 11) is 0. The number of nitrogens with zero attached hydrogens (tertiary/aromatic N) is 5. The summed E-state index contributed by atoms with van der Waals surface area (Å²) in [5.41, 5.74) is 5.71. The third kappa shape index (κ3) is 5.25. The largest absolute Gasteiger partial charge is 0.379 e. The van der Waals surface area contributed by atoms with Crippen LogP contribution in [0.1, 0.15) is 46.6 Å². The Morgan fingerprint density at radius 1 is 1.17 bits per heavy atom. The zero-order valence-electron chi connectivity index (χ0n) is 20.3. The predicted molar refractivity (Wildman–Crippen MR) is 144 cm³/mol. The molecule has 8 nitrogen and oxygen atoms in total. The van der Waals surface area contributed by atoms with Crippen molar-refractivity contribution in [1.82, 2.24) is 24.6 Å². The first-order valence-electron chi connectivity index (χ1n) is 12.1. The third-order valence-electron chi connectivity index (χ3n) is 6.86. The molecular weight excluding hydrogens is 544 g/mol. The molecule has 1 atom stereocenters. The maximum atomic E-state index is 13.0. The standard InChI is InChI=1S/C26H28BrClN6O2/c1-16-11-20(14-29-24(16)18-3-5-21(6-4-18)33-7-9-36-10-8-33)32-26(35)22-15-31-34(17(22)2)23-12-19(27)13-30-25(23)28/h3,11-15,21H,4-10H2,1-2H3,(H,32,35). The van der Waals surface area contributed by atoms with E-state index in [1.54, 1.807) is 17.1 Å². The van der Waals surface area contributed by atoms with E-state index in [1.165, 1.54) is 11.8 Å². The number of aryl methyl sites for hydroxylation is 1. The number of aromatic nitrogens is 4. The molecule has 1 aliphatic carbocycles. The van der Waals surface area contributed by atoms with Crippen molar-refractivity contribution in [2.45, 2.75) is 39.2 Å². The van der Waals surface area contributed by atoms with Gasteiger partial charge in [0, 0.05) is 29.8 Å². The minimum Gasteiger partial charge on any atom is -0.379 e. The summed E-state index contributed by atoms with van der Waals surface area (Å²) < 4.78 is 7.87. The molecule has 3 aromatic heterocycles. The number of nitrogens with one attached hydrogen (secondary N) is 1. The Labute approximate surface area is 223 Å². The fourth-order valence-corrected chi connectivity index (χ4v) is 5.43. The summed E-state index contributed by atoms with van der Waals surface area (Å²) in [6.07, 6.45) is 10.4. The number of rotatable bonds is 5. The zero-order valence-corrected chi connectivity index (χ0v) is 22.6. The van der Waals surface area contributed by atoms with E-state index in [0.29, 0.717) is 33.8 Å². The Morgan fingerprint density at radius 2 is 1.97 bits per heavy atom. The van der Waals surface area contributed by atoms with Gasteiger partial charge < -0.3 is 10.1 Å². The van der Waals surface area contributed by atoms with Crippen LogP contribution in [0.25, 0.3) is 11.3 Å². The van der Waals surface area contributed by atoms with Crippen LogP contribution in [0.3, 0.4) is 0 Å². The van der Waals surface area contributed by atoms with Crippen LogP contribution >= 0.6 is 27.5 Å². The number of halogens is 2. The summed E-state index contributed by atoms with van der Waals surface area (Å²) in [5, 5.41) is 7.63. The molecule has 36 heavy (non-hydrogen) atoms. The van der Waals surface area contributed by atoms with Crippen LogP contribution in [-0.2, 0) is 4.74 Å². The van der Waals surface area contributed by atoms with Gasteiger partial charge in [0.05, 0.1) is 48.2 Å². The monoisotopic (exact) mass is 570 g/mol. The van der Waals surface area contributed by atoms with Gasteiger partial charge in [-0.25, -0.2) is 9.67 Å². The first kappa shape index (κ1) is 25.1. The second kappa shape index (κ2) is 10.8. The SMILES string of the molecule is Cc1cc(NC(=O)c2cnn(-c3cc(Br)cnc3Cl)c2C)cnc1C1=CCC(N2CCOCC2)CC1. The van der Waals surface area contributed by atoms with Gasteiger partial charge in [0.15, 0.2) is 5.15 Å². The van der Waals surface area contributed by atoms with Crippen LogP contribution in [0.2, 0.25) is 5.15 Å². The summed E-state index contributed by atoms with van der Waals surface area (Å²) >= 11 is 9.65. The fourth-order valence-electron chi connectivity index (χ4n) is 4.92. The summed E-state index contributed by atoms with van der Waals surface area (Å²) in [4.78, 5) is 24.4. The van der Waals surface area contributed by atoms with Crippen molar-refractivity contribution >= 4 is 44.7 Å². The minimum absolute atomic E-state index is 0.253. The average Bonchev–Trinajstić information content (AvgIpc) is 3.27. The minimum atomic E-state index is -0.253. The van der Waals surface area contributed by atoms with Gasteiger partial charge in [-0.15, -0.1) is 0 Å². The first-order chi connectivity index (χ1) is 17.4. The molecule has 1 saturated heterocycles. The molecule has 4 heterocycles. The lowest BCUT2D eigenvalue weighted by atomic mass is 9.90. The highest BCUT2D eigenvalue weighted by molar-refractivity contribution is 9.10. The molecule has 1 unspecified atom stereocenters. The van der Waals surface area contributed by atoms with Crippen molar-refractivity contribution in [1.29, 1.82) is 0 Å². The van der Waals surface area contributed by atoms with Crippen molar-refractivity contribution in [3.63, 3.8) is 0 Å². The molecule has 0 spiro atoms. The van der Waals surface area contributed by atoms with Crippen LogP contribution in [0, 0.1) is 13.8 Å². The zero-order chi connectivity index (χ0) is 25.2. The average molecular weight is 572 g/mol. The highest BCUT2D eigenvalue weighted by Crippen LogP contribution is 2.31. The number of amides is 1. The van der Waals surface area contributed by atoms with Crippen molar-refractivity contribution in [2.24, 2.45) is 0 Å². The van der Waals surface area contributed by atoms with E-state index in [2.05, 4.69) is 42.3 Å². The topological polar surface area (TPSA) is 85.2 Å². The predicted octanol–water partition coefficient (Wildman–Crippen LogP) is 5.22. The molecule has 3 aromatic rings. The number of morpholine rings is 1. The summed E-state index contributed by atoms with van der Waals surface area (Å²) in [5.74, 6) is -0.253. The van der Waals surface area contributed by atoms with E-state index in [-0.39, 0.29) is 5.91 Å². The maximum Gasteiger partial charge on any atom is 0.259 e. The normalized spacial score (nSPS) is 18.7.